The van der Waals surface area contributed by atoms with E-state index in [1.807, 2.05) is 54.6 Å². The van der Waals surface area contributed by atoms with Gasteiger partial charge in [0.05, 0.1) is 6.42 Å². The highest BCUT2D eigenvalue weighted by molar-refractivity contribution is 5.78. The molecule has 0 aliphatic carbocycles. The van der Waals surface area contributed by atoms with Crippen LogP contribution in [-0.4, -0.2) is 12.5 Å². The summed E-state index contributed by atoms with van der Waals surface area (Å²) in [6, 6.07) is 24.1. The topological polar surface area (TPSA) is 38.3 Å². The van der Waals surface area contributed by atoms with Crippen molar-refractivity contribution in [1.82, 2.24) is 5.32 Å². The van der Waals surface area contributed by atoms with Crippen molar-refractivity contribution in [3.8, 4) is 16.9 Å². The van der Waals surface area contributed by atoms with Crippen LogP contribution in [0.1, 0.15) is 11.1 Å². The lowest BCUT2D eigenvalue weighted by atomic mass is 10.0. The molecule has 0 aromatic heterocycles. The van der Waals surface area contributed by atoms with Gasteiger partial charge in [0, 0.05) is 6.54 Å². The Hall–Kier alpha value is -3.21. The average Bonchev–Trinajstić information content (AvgIpc) is 2.67. The molecule has 0 heterocycles. The van der Waals surface area contributed by atoms with Gasteiger partial charge >= 0.3 is 6.61 Å². The van der Waals surface area contributed by atoms with E-state index in [9.17, 15) is 13.6 Å². The second-order valence-electron chi connectivity index (χ2n) is 6.04. The van der Waals surface area contributed by atoms with Crippen molar-refractivity contribution in [3.63, 3.8) is 0 Å². The number of halogens is 2. The minimum atomic E-state index is -2.87. The zero-order chi connectivity index (χ0) is 19.1. The second-order valence-corrected chi connectivity index (χ2v) is 6.04. The van der Waals surface area contributed by atoms with Crippen LogP contribution < -0.4 is 10.1 Å². The first kappa shape index (κ1) is 18.6. The molecule has 0 aliphatic heterocycles. The van der Waals surface area contributed by atoms with Crippen LogP contribution in [0.15, 0.2) is 78.9 Å². The van der Waals surface area contributed by atoms with Gasteiger partial charge in [-0.15, -0.1) is 0 Å². The van der Waals surface area contributed by atoms with E-state index in [4.69, 9.17) is 0 Å². The SMILES string of the molecule is O=C(Cc1ccc(-c2ccccc2)cc1)NCc1cccc(OC(F)F)c1. The Morgan fingerprint density at radius 3 is 2.26 bits per heavy atom. The zero-order valence-corrected chi connectivity index (χ0v) is 14.6. The quantitative estimate of drug-likeness (QED) is 0.651. The smallest absolute Gasteiger partial charge is 0.387 e. The van der Waals surface area contributed by atoms with Gasteiger partial charge in [0.15, 0.2) is 0 Å². The number of alkyl halides is 2. The van der Waals surface area contributed by atoms with E-state index in [0.29, 0.717) is 5.56 Å². The summed E-state index contributed by atoms with van der Waals surface area (Å²) in [6.45, 7) is -2.62. The van der Waals surface area contributed by atoms with E-state index >= 15 is 0 Å². The van der Waals surface area contributed by atoms with Crippen LogP contribution >= 0.6 is 0 Å². The molecule has 5 heteroatoms. The third kappa shape index (κ3) is 5.64. The van der Waals surface area contributed by atoms with Gasteiger partial charge < -0.3 is 10.1 Å². The molecule has 3 aromatic rings. The number of hydrogen-bond donors (Lipinski definition) is 1. The summed E-state index contributed by atoms with van der Waals surface area (Å²) >= 11 is 0. The molecular formula is C22H19F2NO2. The maximum atomic E-state index is 12.3. The lowest BCUT2D eigenvalue weighted by Gasteiger charge is -2.09. The van der Waals surface area contributed by atoms with Crippen LogP contribution in [0.25, 0.3) is 11.1 Å². The number of rotatable bonds is 7. The van der Waals surface area contributed by atoms with Crippen molar-refractivity contribution in [2.24, 2.45) is 0 Å². The Balaban J connectivity index is 1.54. The molecule has 0 aliphatic rings. The van der Waals surface area contributed by atoms with Crippen molar-refractivity contribution in [3.05, 3.63) is 90.0 Å². The molecule has 3 rings (SSSR count). The number of nitrogens with one attached hydrogen (secondary N) is 1. The Morgan fingerprint density at radius 1 is 0.852 bits per heavy atom. The monoisotopic (exact) mass is 367 g/mol. The highest BCUT2D eigenvalue weighted by Gasteiger charge is 2.07. The molecule has 27 heavy (non-hydrogen) atoms. The zero-order valence-electron chi connectivity index (χ0n) is 14.6. The van der Waals surface area contributed by atoms with E-state index in [1.54, 1.807) is 12.1 Å². The van der Waals surface area contributed by atoms with Crippen LogP contribution in [0, 0.1) is 0 Å². The fraction of sp³-hybridized carbons (Fsp3) is 0.136. The van der Waals surface area contributed by atoms with Crippen LogP contribution in [0.4, 0.5) is 8.78 Å². The van der Waals surface area contributed by atoms with E-state index in [1.165, 1.54) is 12.1 Å². The third-order valence-corrected chi connectivity index (χ3v) is 4.04. The van der Waals surface area contributed by atoms with Crippen LogP contribution in [0.5, 0.6) is 5.75 Å². The first-order chi connectivity index (χ1) is 13.1. The van der Waals surface area contributed by atoms with Gasteiger partial charge in [-0.25, -0.2) is 0 Å². The summed E-state index contributed by atoms with van der Waals surface area (Å²) in [6.07, 6.45) is 0.252. The summed E-state index contributed by atoms with van der Waals surface area (Å²) < 4.78 is 28.9. The van der Waals surface area contributed by atoms with Gasteiger partial charge in [-0.2, -0.15) is 8.78 Å². The van der Waals surface area contributed by atoms with Gasteiger partial charge in [0.2, 0.25) is 5.91 Å². The molecule has 1 amide bonds. The number of carbonyl (C=O) groups excluding carboxylic acids is 1. The Bertz CT molecular complexity index is 880. The van der Waals surface area contributed by atoms with Gasteiger partial charge in [-0.05, 0) is 34.4 Å². The molecule has 0 saturated carbocycles. The van der Waals surface area contributed by atoms with Crippen molar-refractivity contribution < 1.29 is 18.3 Å². The standard InChI is InChI=1S/C22H19F2NO2/c23-22(24)27-20-8-4-5-17(13-20)15-25-21(26)14-16-9-11-19(12-10-16)18-6-2-1-3-7-18/h1-13,22H,14-15H2,(H,25,26). The fourth-order valence-electron chi connectivity index (χ4n) is 2.73. The molecule has 1 N–H and O–H groups in total. The summed E-state index contributed by atoms with van der Waals surface area (Å²) in [5, 5.41) is 2.79. The average molecular weight is 367 g/mol. The molecule has 3 aromatic carbocycles. The third-order valence-electron chi connectivity index (χ3n) is 4.04. The number of ether oxygens (including phenoxy) is 1. The Labute approximate surface area is 156 Å². The number of hydrogen-bond acceptors (Lipinski definition) is 2. The number of benzene rings is 3. The van der Waals surface area contributed by atoms with Crippen molar-refractivity contribution in [2.45, 2.75) is 19.6 Å². The molecule has 3 nitrogen and oxygen atoms in total. The molecule has 0 atom stereocenters. The maximum Gasteiger partial charge on any atom is 0.387 e. The molecular weight excluding hydrogens is 348 g/mol. The molecule has 0 fully saturated rings. The van der Waals surface area contributed by atoms with Gasteiger partial charge in [0.1, 0.15) is 5.75 Å². The lowest BCUT2D eigenvalue weighted by Crippen LogP contribution is -2.24. The normalized spacial score (nSPS) is 10.6. The molecule has 0 bridgehead atoms. The predicted molar refractivity (Wildman–Crippen MR) is 101 cm³/mol. The highest BCUT2D eigenvalue weighted by Crippen LogP contribution is 2.19. The molecule has 0 unspecified atom stereocenters. The first-order valence-electron chi connectivity index (χ1n) is 8.55. The van der Waals surface area contributed by atoms with Crippen molar-refractivity contribution >= 4 is 5.91 Å². The predicted octanol–water partition coefficient (Wildman–Crippen LogP) is 4.81. The first-order valence-corrected chi connectivity index (χ1v) is 8.55. The van der Waals surface area contributed by atoms with Crippen molar-refractivity contribution in [2.75, 3.05) is 0 Å². The van der Waals surface area contributed by atoms with E-state index in [-0.39, 0.29) is 24.6 Å². The van der Waals surface area contributed by atoms with Crippen molar-refractivity contribution in [1.29, 1.82) is 0 Å². The van der Waals surface area contributed by atoms with E-state index in [0.717, 1.165) is 16.7 Å². The summed E-state index contributed by atoms with van der Waals surface area (Å²) in [5.74, 6) is -0.0594. The molecule has 0 spiro atoms. The fourth-order valence-corrected chi connectivity index (χ4v) is 2.73. The molecule has 0 saturated heterocycles. The van der Waals surface area contributed by atoms with Crippen LogP contribution in [0.2, 0.25) is 0 Å². The molecule has 0 radical (unpaired) electrons. The molecule has 138 valence electrons. The minimum absolute atomic E-state index is 0.0771. The maximum absolute atomic E-state index is 12.3. The summed E-state index contributed by atoms with van der Waals surface area (Å²) in [5.41, 5.74) is 3.82. The lowest BCUT2D eigenvalue weighted by molar-refractivity contribution is -0.120. The van der Waals surface area contributed by atoms with E-state index < -0.39 is 6.61 Å². The largest absolute Gasteiger partial charge is 0.435 e. The van der Waals surface area contributed by atoms with Gasteiger partial charge in [-0.1, -0.05) is 66.7 Å². The summed E-state index contributed by atoms with van der Waals surface area (Å²) in [7, 11) is 0. The Morgan fingerprint density at radius 2 is 1.56 bits per heavy atom. The minimum Gasteiger partial charge on any atom is -0.435 e. The number of amides is 1. The van der Waals surface area contributed by atoms with Crippen LogP contribution in [0.3, 0.4) is 0 Å². The highest BCUT2D eigenvalue weighted by atomic mass is 19.3. The summed E-state index contributed by atoms with van der Waals surface area (Å²) in [4.78, 5) is 12.1. The second kappa shape index (κ2) is 8.94. The van der Waals surface area contributed by atoms with E-state index in [2.05, 4.69) is 10.1 Å². The Kier molecular flexibility index (Phi) is 6.15. The van der Waals surface area contributed by atoms with Gasteiger partial charge in [0.25, 0.3) is 0 Å². The van der Waals surface area contributed by atoms with Crippen LogP contribution in [-0.2, 0) is 17.8 Å². The number of carbonyl (C=O) groups is 1. The van der Waals surface area contributed by atoms with Gasteiger partial charge in [-0.3, -0.25) is 4.79 Å².